The molecule has 3 unspecified atom stereocenters. The molecule has 66 heavy (non-hydrogen) atoms. The van der Waals surface area contributed by atoms with Crippen LogP contribution in [0.4, 0.5) is 0 Å². The third kappa shape index (κ3) is 47.5. The highest BCUT2D eigenvalue weighted by Crippen LogP contribution is 2.17. The van der Waals surface area contributed by atoms with E-state index in [4.69, 9.17) is 4.74 Å². The summed E-state index contributed by atoms with van der Waals surface area (Å²) in [6.07, 6.45) is 69.4. The van der Waals surface area contributed by atoms with Crippen LogP contribution in [0.15, 0.2) is 85.1 Å². The Morgan fingerprint density at radius 1 is 0.470 bits per heavy atom. The van der Waals surface area contributed by atoms with E-state index < -0.39 is 18.2 Å². The van der Waals surface area contributed by atoms with Crippen LogP contribution in [0.2, 0.25) is 0 Å². The zero-order valence-corrected chi connectivity index (χ0v) is 43.3. The summed E-state index contributed by atoms with van der Waals surface area (Å²) in [6, 6.07) is -0.724. The van der Waals surface area contributed by atoms with Crippen LogP contribution in [-0.4, -0.2) is 46.9 Å². The third-order valence-electron chi connectivity index (χ3n) is 12.3. The van der Waals surface area contributed by atoms with Crippen LogP contribution < -0.4 is 5.32 Å². The quantitative estimate of drug-likeness (QED) is 0.0245. The molecule has 380 valence electrons. The highest BCUT2D eigenvalue weighted by atomic mass is 16.5. The predicted octanol–water partition coefficient (Wildman–Crippen LogP) is 17.1. The van der Waals surface area contributed by atoms with Crippen LogP contribution in [0.5, 0.6) is 0 Å². The predicted molar refractivity (Wildman–Crippen MR) is 287 cm³/mol. The molecule has 0 radical (unpaired) electrons. The molecule has 0 aromatic rings. The first-order valence-corrected chi connectivity index (χ1v) is 27.8. The van der Waals surface area contributed by atoms with Gasteiger partial charge in [-0.3, -0.25) is 9.59 Å². The van der Waals surface area contributed by atoms with Crippen molar-refractivity contribution in [1.29, 1.82) is 0 Å². The van der Waals surface area contributed by atoms with E-state index in [0.717, 1.165) is 96.3 Å². The molecule has 0 heterocycles. The number of aliphatic hydroxyl groups is 2. The normalized spacial score (nSPS) is 13.8. The monoisotopic (exact) mass is 920 g/mol. The van der Waals surface area contributed by atoms with E-state index in [2.05, 4.69) is 99.0 Å². The standard InChI is InChI=1S/C60H105NO5/c1-4-7-10-13-16-19-22-24-26-28-29-31-33-35-38-41-44-47-50-53-60(65)66-56(51-48-45-42-39-36-21-18-15-12-9-6-3)54-59(64)61-57(55-62)58(63)52-49-46-43-40-37-34-32-30-27-25-23-20-17-14-11-8-5-2/h9,12,15-16,18-19,21,24,26,29,31,35-36,38,56-58,62-63H,4-8,10-11,13-14,17,20,22-23,25,27-28,30,32-34,37,39-55H2,1-3H3,(H,61,64)/b12-9+,18-15+,19-16-,26-24-,31-29-,36-21-,38-35-. The van der Waals surface area contributed by atoms with E-state index in [-0.39, 0.29) is 24.9 Å². The lowest BCUT2D eigenvalue weighted by Crippen LogP contribution is -2.46. The Hall–Kier alpha value is -2.96. The molecular formula is C60H105NO5. The average Bonchev–Trinajstić information content (AvgIpc) is 3.31. The third-order valence-corrected chi connectivity index (χ3v) is 12.3. The lowest BCUT2D eigenvalue weighted by atomic mass is 10.0. The zero-order valence-electron chi connectivity index (χ0n) is 43.3. The molecule has 0 aliphatic carbocycles. The van der Waals surface area contributed by atoms with Crippen LogP contribution in [0.3, 0.4) is 0 Å². The summed E-state index contributed by atoms with van der Waals surface area (Å²) in [6.45, 7) is 6.31. The van der Waals surface area contributed by atoms with Gasteiger partial charge < -0.3 is 20.3 Å². The number of esters is 1. The summed E-state index contributed by atoms with van der Waals surface area (Å²) >= 11 is 0. The van der Waals surface area contributed by atoms with E-state index in [9.17, 15) is 19.8 Å². The van der Waals surface area contributed by atoms with E-state index in [1.165, 1.54) is 116 Å². The Morgan fingerprint density at radius 3 is 1.39 bits per heavy atom. The summed E-state index contributed by atoms with van der Waals surface area (Å²) < 4.78 is 5.91. The molecule has 0 saturated heterocycles. The molecule has 0 aliphatic rings. The van der Waals surface area contributed by atoms with Crippen molar-refractivity contribution in [2.24, 2.45) is 0 Å². The highest BCUT2D eigenvalue weighted by Gasteiger charge is 2.24. The molecule has 0 saturated carbocycles. The first-order chi connectivity index (χ1) is 32.5. The Bertz CT molecular complexity index is 1260. The number of aliphatic hydroxyl groups excluding tert-OH is 2. The molecule has 3 N–H and O–H groups in total. The average molecular weight is 921 g/mol. The first kappa shape index (κ1) is 63.0. The maximum Gasteiger partial charge on any atom is 0.306 e. The van der Waals surface area contributed by atoms with E-state index in [0.29, 0.717) is 19.3 Å². The van der Waals surface area contributed by atoms with Crippen LogP contribution in [0, 0.1) is 0 Å². The van der Waals surface area contributed by atoms with Gasteiger partial charge in [-0.2, -0.15) is 0 Å². The van der Waals surface area contributed by atoms with Crippen molar-refractivity contribution < 1.29 is 24.5 Å². The molecule has 0 fully saturated rings. The second-order valence-electron chi connectivity index (χ2n) is 18.7. The zero-order chi connectivity index (χ0) is 48.1. The molecular weight excluding hydrogens is 815 g/mol. The number of allylic oxidation sites excluding steroid dienone is 14. The van der Waals surface area contributed by atoms with Gasteiger partial charge in [-0.25, -0.2) is 0 Å². The minimum Gasteiger partial charge on any atom is -0.462 e. The van der Waals surface area contributed by atoms with Crippen molar-refractivity contribution in [3.8, 4) is 0 Å². The lowest BCUT2D eigenvalue weighted by Gasteiger charge is -2.24. The van der Waals surface area contributed by atoms with Gasteiger partial charge in [0.25, 0.3) is 0 Å². The van der Waals surface area contributed by atoms with Crippen LogP contribution in [-0.2, 0) is 14.3 Å². The van der Waals surface area contributed by atoms with Gasteiger partial charge >= 0.3 is 5.97 Å². The number of unbranched alkanes of at least 4 members (excludes halogenated alkanes) is 25. The van der Waals surface area contributed by atoms with Gasteiger partial charge in [-0.1, -0.05) is 241 Å². The Kier molecular flexibility index (Phi) is 50.6. The first-order valence-electron chi connectivity index (χ1n) is 27.8. The second kappa shape index (κ2) is 53.0. The summed E-state index contributed by atoms with van der Waals surface area (Å²) in [5.41, 5.74) is 0. The molecule has 3 atom stereocenters. The Balaban J connectivity index is 4.56. The molecule has 0 rings (SSSR count). The van der Waals surface area contributed by atoms with Crippen molar-refractivity contribution in [3.63, 3.8) is 0 Å². The number of amides is 1. The fourth-order valence-corrected chi connectivity index (χ4v) is 8.06. The molecule has 0 aromatic heterocycles. The van der Waals surface area contributed by atoms with Crippen LogP contribution >= 0.6 is 0 Å². The van der Waals surface area contributed by atoms with Crippen molar-refractivity contribution in [1.82, 2.24) is 5.32 Å². The van der Waals surface area contributed by atoms with E-state index >= 15 is 0 Å². The summed E-state index contributed by atoms with van der Waals surface area (Å²) in [7, 11) is 0. The van der Waals surface area contributed by atoms with Crippen molar-refractivity contribution >= 4 is 11.9 Å². The second-order valence-corrected chi connectivity index (χ2v) is 18.7. The van der Waals surface area contributed by atoms with Crippen molar-refractivity contribution in [3.05, 3.63) is 85.1 Å². The lowest BCUT2D eigenvalue weighted by molar-refractivity contribution is -0.151. The number of hydrogen-bond acceptors (Lipinski definition) is 5. The van der Waals surface area contributed by atoms with Gasteiger partial charge in [-0.05, 0) is 89.9 Å². The summed E-state index contributed by atoms with van der Waals surface area (Å²) in [4.78, 5) is 26.2. The maximum atomic E-state index is 13.2. The van der Waals surface area contributed by atoms with E-state index in [1.807, 2.05) is 12.2 Å². The minimum atomic E-state index is -0.807. The summed E-state index contributed by atoms with van der Waals surface area (Å²) in [5.74, 6) is -0.547. The van der Waals surface area contributed by atoms with Gasteiger partial charge in [0.05, 0.1) is 25.2 Å². The highest BCUT2D eigenvalue weighted by molar-refractivity contribution is 5.77. The fourth-order valence-electron chi connectivity index (χ4n) is 8.06. The molecule has 0 spiro atoms. The molecule has 0 aromatic carbocycles. The number of rotatable bonds is 49. The summed E-state index contributed by atoms with van der Waals surface area (Å²) in [5, 5.41) is 23.8. The Morgan fingerprint density at radius 2 is 0.879 bits per heavy atom. The van der Waals surface area contributed by atoms with Gasteiger partial charge in [0, 0.05) is 6.42 Å². The van der Waals surface area contributed by atoms with Gasteiger partial charge in [0.1, 0.15) is 6.10 Å². The molecule has 1 amide bonds. The topological polar surface area (TPSA) is 95.9 Å². The SMILES string of the molecule is CC/C=C/C=C/C=C\CCCCCC(CC(=O)NC(CO)C(O)CCCCCCCCCCCCCCCCCCC)OC(=O)CCCCC/C=C\C/C=C\C/C=C\C/C=C\CCCCC. The van der Waals surface area contributed by atoms with Crippen LogP contribution in [0.1, 0.15) is 258 Å². The number of nitrogens with one attached hydrogen (secondary N) is 1. The molecule has 6 heteroatoms. The molecule has 0 aliphatic heterocycles. The number of carbonyl (C=O) groups is 2. The van der Waals surface area contributed by atoms with Gasteiger partial charge in [-0.15, -0.1) is 0 Å². The van der Waals surface area contributed by atoms with Gasteiger partial charge in [0.15, 0.2) is 0 Å². The van der Waals surface area contributed by atoms with Gasteiger partial charge in [0.2, 0.25) is 5.91 Å². The maximum absolute atomic E-state index is 13.2. The number of ether oxygens (including phenoxy) is 1. The smallest absolute Gasteiger partial charge is 0.306 e. The van der Waals surface area contributed by atoms with Crippen LogP contribution in [0.25, 0.3) is 0 Å². The Labute approximate surface area is 408 Å². The molecule has 6 nitrogen and oxygen atoms in total. The largest absolute Gasteiger partial charge is 0.462 e. The number of hydrogen-bond donors (Lipinski definition) is 3. The fraction of sp³-hybridized carbons (Fsp3) is 0.733. The number of carbonyl (C=O) groups excluding carboxylic acids is 2. The van der Waals surface area contributed by atoms with Crippen molar-refractivity contribution in [2.75, 3.05) is 6.61 Å². The minimum absolute atomic E-state index is 0.0378. The van der Waals surface area contributed by atoms with Crippen molar-refractivity contribution in [2.45, 2.75) is 277 Å². The molecule has 0 bridgehead atoms. The van der Waals surface area contributed by atoms with E-state index in [1.54, 1.807) is 0 Å².